The zero-order chi connectivity index (χ0) is 10.4. The van der Waals surface area contributed by atoms with Crippen LogP contribution in [0.1, 0.15) is 25.3 Å². The molecule has 0 fully saturated rings. The molecular weight excluding hydrogens is 172 g/mol. The molecule has 1 unspecified atom stereocenters. The summed E-state index contributed by atoms with van der Waals surface area (Å²) in [7, 11) is 0. The van der Waals surface area contributed by atoms with Gasteiger partial charge in [-0.2, -0.15) is 0 Å². The molecule has 1 heteroatoms. The van der Waals surface area contributed by atoms with Crippen LogP contribution < -0.4 is 4.74 Å². The van der Waals surface area contributed by atoms with Crippen LogP contribution in [0, 0.1) is 19.3 Å². The van der Waals surface area contributed by atoms with Gasteiger partial charge in [-0.25, -0.2) is 0 Å². The monoisotopic (exact) mass is 188 g/mol. The van der Waals surface area contributed by atoms with Crippen molar-refractivity contribution in [3.63, 3.8) is 0 Å². The number of terminal acetylenes is 1. The summed E-state index contributed by atoms with van der Waals surface area (Å²) in [6.45, 7) is 4.14. The van der Waals surface area contributed by atoms with Crippen molar-refractivity contribution in [3.05, 3.63) is 29.8 Å². The number of benzene rings is 1. The van der Waals surface area contributed by atoms with E-state index in [4.69, 9.17) is 11.2 Å². The third kappa shape index (κ3) is 3.14. The van der Waals surface area contributed by atoms with E-state index in [1.54, 1.807) is 0 Å². The Kier molecular flexibility index (Phi) is 4.07. The zero-order valence-corrected chi connectivity index (χ0v) is 8.79. The number of ether oxygens (including phenoxy) is 1. The Hall–Kier alpha value is -1.42. The zero-order valence-electron chi connectivity index (χ0n) is 8.79. The Balaban J connectivity index is 2.63. The van der Waals surface area contributed by atoms with Gasteiger partial charge in [0.1, 0.15) is 5.75 Å². The van der Waals surface area contributed by atoms with Gasteiger partial charge in [-0.05, 0) is 31.0 Å². The lowest BCUT2D eigenvalue weighted by atomic mass is 10.2. The second-order valence-corrected chi connectivity index (χ2v) is 3.38. The van der Waals surface area contributed by atoms with Crippen molar-refractivity contribution in [2.24, 2.45) is 0 Å². The van der Waals surface area contributed by atoms with Crippen LogP contribution in [0.25, 0.3) is 0 Å². The van der Waals surface area contributed by atoms with E-state index >= 15 is 0 Å². The number of aryl methyl sites for hydroxylation is 1. The third-order valence-electron chi connectivity index (χ3n) is 2.00. The third-order valence-corrected chi connectivity index (χ3v) is 2.00. The van der Waals surface area contributed by atoms with Gasteiger partial charge in [0.25, 0.3) is 0 Å². The lowest BCUT2D eigenvalue weighted by Crippen LogP contribution is -2.13. The first-order valence-electron chi connectivity index (χ1n) is 4.95. The van der Waals surface area contributed by atoms with Crippen LogP contribution in [0.3, 0.4) is 0 Å². The molecule has 1 aromatic rings. The van der Waals surface area contributed by atoms with E-state index in [0.29, 0.717) is 0 Å². The second kappa shape index (κ2) is 5.34. The van der Waals surface area contributed by atoms with Gasteiger partial charge in [0.2, 0.25) is 0 Å². The van der Waals surface area contributed by atoms with Crippen LogP contribution in [-0.2, 0) is 0 Å². The molecule has 0 bridgehead atoms. The van der Waals surface area contributed by atoms with Gasteiger partial charge < -0.3 is 4.74 Å². The topological polar surface area (TPSA) is 9.23 Å². The largest absolute Gasteiger partial charge is 0.478 e. The highest BCUT2D eigenvalue weighted by atomic mass is 16.5. The van der Waals surface area contributed by atoms with Gasteiger partial charge in [0.05, 0.1) is 0 Å². The van der Waals surface area contributed by atoms with Crippen LogP contribution >= 0.6 is 0 Å². The molecule has 0 aliphatic heterocycles. The highest BCUT2D eigenvalue weighted by Gasteiger charge is 2.04. The minimum absolute atomic E-state index is 0.0956. The predicted molar refractivity (Wildman–Crippen MR) is 59.3 cm³/mol. The van der Waals surface area contributed by atoms with Gasteiger partial charge in [0, 0.05) is 0 Å². The van der Waals surface area contributed by atoms with Crippen molar-refractivity contribution in [1.82, 2.24) is 0 Å². The lowest BCUT2D eigenvalue weighted by Gasteiger charge is -2.12. The van der Waals surface area contributed by atoms with E-state index in [-0.39, 0.29) is 6.10 Å². The fourth-order valence-corrected chi connectivity index (χ4v) is 1.29. The van der Waals surface area contributed by atoms with E-state index in [0.717, 1.165) is 18.6 Å². The molecule has 0 saturated heterocycles. The Morgan fingerprint density at radius 1 is 1.50 bits per heavy atom. The van der Waals surface area contributed by atoms with Crippen molar-refractivity contribution >= 4 is 0 Å². The maximum absolute atomic E-state index is 5.65. The molecule has 74 valence electrons. The molecule has 1 atom stereocenters. The minimum atomic E-state index is -0.0956. The number of hydrogen-bond donors (Lipinski definition) is 0. The highest BCUT2D eigenvalue weighted by Crippen LogP contribution is 2.15. The van der Waals surface area contributed by atoms with Crippen LogP contribution in [0.15, 0.2) is 24.3 Å². The molecule has 0 amide bonds. The van der Waals surface area contributed by atoms with Crippen LogP contribution in [-0.4, -0.2) is 6.10 Å². The summed E-state index contributed by atoms with van der Waals surface area (Å²) in [5.74, 6) is 3.51. The fraction of sp³-hybridized carbons (Fsp3) is 0.385. The summed E-state index contributed by atoms with van der Waals surface area (Å²) >= 11 is 0. The highest BCUT2D eigenvalue weighted by molar-refractivity contribution is 5.28. The van der Waals surface area contributed by atoms with Gasteiger partial charge >= 0.3 is 0 Å². The average molecular weight is 188 g/mol. The molecule has 14 heavy (non-hydrogen) atoms. The molecule has 0 N–H and O–H groups in total. The molecule has 0 spiro atoms. The number of rotatable bonds is 4. The maximum Gasteiger partial charge on any atom is 0.158 e. The smallest absolute Gasteiger partial charge is 0.158 e. The Bertz CT molecular complexity index is 322. The molecule has 1 rings (SSSR count). The fourth-order valence-electron chi connectivity index (χ4n) is 1.29. The van der Waals surface area contributed by atoms with Gasteiger partial charge in [-0.1, -0.05) is 31.4 Å². The predicted octanol–water partition coefficient (Wildman–Crippen LogP) is 3.18. The first kappa shape index (κ1) is 10.7. The molecule has 0 heterocycles. The molecule has 1 nitrogen and oxygen atoms in total. The first-order chi connectivity index (χ1) is 6.76. The number of hydrogen-bond acceptors (Lipinski definition) is 1. The van der Waals surface area contributed by atoms with E-state index in [9.17, 15) is 0 Å². The lowest BCUT2D eigenvalue weighted by molar-refractivity contribution is 0.246. The molecular formula is C13H16O. The van der Waals surface area contributed by atoms with Crippen LogP contribution in [0.4, 0.5) is 0 Å². The summed E-state index contributed by atoms with van der Waals surface area (Å²) in [5.41, 5.74) is 1.19. The maximum atomic E-state index is 5.65. The van der Waals surface area contributed by atoms with Crippen molar-refractivity contribution < 1.29 is 4.74 Å². The summed E-state index contributed by atoms with van der Waals surface area (Å²) in [6, 6.07) is 7.95. The SMILES string of the molecule is C#CC(CCC)Oc1cccc(C)c1. The van der Waals surface area contributed by atoms with Crippen molar-refractivity contribution in [1.29, 1.82) is 0 Å². The van der Waals surface area contributed by atoms with Crippen molar-refractivity contribution in [2.45, 2.75) is 32.8 Å². The van der Waals surface area contributed by atoms with E-state index in [1.165, 1.54) is 5.56 Å². The normalized spacial score (nSPS) is 11.8. The van der Waals surface area contributed by atoms with Crippen molar-refractivity contribution in [2.75, 3.05) is 0 Å². The first-order valence-corrected chi connectivity index (χ1v) is 4.95. The molecule has 0 aliphatic carbocycles. The summed E-state index contributed by atoms with van der Waals surface area (Å²) < 4.78 is 5.65. The Labute approximate surface area is 86.1 Å². The van der Waals surface area contributed by atoms with E-state index in [1.807, 2.05) is 31.2 Å². The van der Waals surface area contributed by atoms with Crippen molar-refractivity contribution in [3.8, 4) is 18.1 Å². The van der Waals surface area contributed by atoms with Crippen LogP contribution in [0.5, 0.6) is 5.75 Å². The molecule has 0 saturated carbocycles. The van der Waals surface area contributed by atoms with Gasteiger partial charge in [-0.3, -0.25) is 0 Å². The quantitative estimate of drug-likeness (QED) is 0.659. The summed E-state index contributed by atoms with van der Waals surface area (Å²) in [4.78, 5) is 0. The minimum Gasteiger partial charge on any atom is -0.478 e. The van der Waals surface area contributed by atoms with E-state index in [2.05, 4.69) is 12.8 Å². The Morgan fingerprint density at radius 2 is 2.29 bits per heavy atom. The summed E-state index contributed by atoms with van der Waals surface area (Å²) in [6.07, 6.45) is 7.22. The van der Waals surface area contributed by atoms with Crippen LogP contribution in [0.2, 0.25) is 0 Å². The van der Waals surface area contributed by atoms with Gasteiger partial charge in [-0.15, -0.1) is 6.42 Å². The molecule has 0 aromatic heterocycles. The summed E-state index contributed by atoms with van der Waals surface area (Å²) in [5, 5.41) is 0. The van der Waals surface area contributed by atoms with E-state index < -0.39 is 0 Å². The standard InChI is InChI=1S/C13H16O/c1-4-7-12(5-2)14-13-9-6-8-11(3)10-13/h2,6,8-10,12H,4,7H2,1,3H3. The van der Waals surface area contributed by atoms with Gasteiger partial charge in [0.15, 0.2) is 6.10 Å². The molecule has 0 aliphatic rings. The second-order valence-electron chi connectivity index (χ2n) is 3.38. The average Bonchev–Trinajstić information content (AvgIpc) is 2.17. The Morgan fingerprint density at radius 3 is 2.86 bits per heavy atom. The molecule has 1 aromatic carbocycles. The molecule has 0 radical (unpaired) electrons.